The van der Waals surface area contributed by atoms with Crippen LogP contribution in [-0.2, 0) is 6.42 Å². The summed E-state index contributed by atoms with van der Waals surface area (Å²) < 4.78 is 5.47. The van der Waals surface area contributed by atoms with Gasteiger partial charge in [0.15, 0.2) is 0 Å². The number of aromatic nitrogens is 1. The molecule has 0 unspecified atom stereocenters. The number of nitrogens with zero attached hydrogens (tertiary/aromatic N) is 3. The van der Waals surface area contributed by atoms with Gasteiger partial charge in [-0.05, 0) is 93.9 Å². The highest BCUT2D eigenvalue weighted by atomic mass is 16.3. The Morgan fingerprint density at radius 2 is 1.83 bits per heavy atom. The molecule has 2 aromatic heterocycles. The monoisotopic (exact) mass is 469 g/mol. The molecule has 3 aromatic rings. The van der Waals surface area contributed by atoms with Crippen molar-refractivity contribution in [2.24, 2.45) is 5.92 Å². The number of amides is 1. The second-order valence-corrected chi connectivity index (χ2v) is 10.0. The van der Waals surface area contributed by atoms with Crippen LogP contribution in [0.1, 0.15) is 54.4 Å². The topological polar surface area (TPSA) is 49.6 Å². The SMILES string of the molecule is C/C(=C\c1ccco1)CN1CCC([C@H](Cc2ccccc2)N(C(=O)c2ccccn2)C2CC2)CC1. The molecule has 35 heavy (non-hydrogen) atoms. The van der Waals surface area contributed by atoms with Crippen LogP contribution in [0, 0.1) is 5.92 Å². The molecule has 2 aliphatic rings. The van der Waals surface area contributed by atoms with Gasteiger partial charge in [-0.15, -0.1) is 0 Å². The van der Waals surface area contributed by atoms with Crippen LogP contribution in [0.2, 0.25) is 0 Å². The van der Waals surface area contributed by atoms with E-state index in [0.29, 0.717) is 17.7 Å². The van der Waals surface area contributed by atoms with Gasteiger partial charge in [-0.1, -0.05) is 42.0 Å². The van der Waals surface area contributed by atoms with Gasteiger partial charge < -0.3 is 9.32 Å². The average molecular weight is 470 g/mol. The summed E-state index contributed by atoms with van der Waals surface area (Å²) in [5.74, 6) is 1.48. The summed E-state index contributed by atoms with van der Waals surface area (Å²) in [6, 6.07) is 20.8. The van der Waals surface area contributed by atoms with Crippen molar-refractivity contribution in [3.05, 3.63) is 95.7 Å². The van der Waals surface area contributed by atoms with E-state index in [9.17, 15) is 4.79 Å². The summed E-state index contributed by atoms with van der Waals surface area (Å²) in [5.41, 5.74) is 3.18. The van der Waals surface area contributed by atoms with Crippen molar-refractivity contribution in [2.75, 3.05) is 19.6 Å². The van der Waals surface area contributed by atoms with Gasteiger partial charge in [0.2, 0.25) is 0 Å². The van der Waals surface area contributed by atoms with E-state index in [1.807, 2.05) is 30.3 Å². The van der Waals surface area contributed by atoms with Crippen molar-refractivity contribution in [1.82, 2.24) is 14.8 Å². The maximum atomic E-state index is 13.7. The van der Waals surface area contributed by atoms with Gasteiger partial charge in [0.25, 0.3) is 5.91 Å². The zero-order chi connectivity index (χ0) is 24.0. The number of likely N-dealkylation sites (tertiary alicyclic amines) is 1. The van der Waals surface area contributed by atoms with Crippen molar-refractivity contribution < 1.29 is 9.21 Å². The number of hydrogen-bond donors (Lipinski definition) is 0. The molecular weight excluding hydrogens is 434 g/mol. The zero-order valence-corrected chi connectivity index (χ0v) is 20.6. The Kier molecular flexibility index (Phi) is 7.43. The molecule has 3 heterocycles. The lowest BCUT2D eigenvalue weighted by Gasteiger charge is -2.42. The van der Waals surface area contributed by atoms with Crippen molar-refractivity contribution in [2.45, 2.75) is 51.1 Å². The predicted octanol–water partition coefficient (Wildman–Crippen LogP) is 5.71. The second-order valence-electron chi connectivity index (χ2n) is 10.0. The molecular formula is C30H35N3O2. The van der Waals surface area contributed by atoms with E-state index in [2.05, 4.69) is 58.1 Å². The maximum absolute atomic E-state index is 13.7. The minimum absolute atomic E-state index is 0.0914. The number of pyridine rings is 1. The highest BCUT2D eigenvalue weighted by Crippen LogP contribution is 2.36. The predicted molar refractivity (Wildman–Crippen MR) is 139 cm³/mol. The number of rotatable bonds is 9. The normalized spacial score (nSPS) is 18.4. The van der Waals surface area contributed by atoms with E-state index in [1.165, 1.54) is 11.1 Å². The Hall–Kier alpha value is -3.18. The van der Waals surface area contributed by atoms with Crippen LogP contribution in [0.15, 0.2) is 83.1 Å². The van der Waals surface area contributed by atoms with Crippen molar-refractivity contribution in [3.8, 4) is 0 Å². The number of furan rings is 1. The molecule has 5 heteroatoms. The molecule has 0 spiro atoms. The van der Waals surface area contributed by atoms with E-state index in [-0.39, 0.29) is 11.9 Å². The van der Waals surface area contributed by atoms with Crippen molar-refractivity contribution in [3.63, 3.8) is 0 Å². The number of hydrogen-bond acceptors (Lipinski definition) is 4. The van der Waals surface area contributed by atoms with Gasteiger partial charge in [-0.25, -0.2) is 0 Å². The molecule has 2 fully saturated rings. The first-order valence-electron chi connectivity index (χ1n) is 12.9. The first-order chi connectivity index (χ1) is 17.2. The summed E-state index contributed by atoms with van der Waals surface area (Å²) >= 11 is 0. The van der Waals surface area contributed by atoms with Crippen LogP contribution in [0.3, 0.4) is 0 Å². The van der Waals surface area contributed by atoms with Gasteiger partial charge in [0.1, 0.15) is 11.5 Å². The van der Waals surface area contributed by atoms with E-state index in [0.717, 1.165) is 57.5 Å². The Balaban J connectivity index is 1.31. The Morgan fingerprint density at radius 3 is 2.49 bits per heavy atom. The molecule has 0 N–H and O–H groups in total. The molecule has 0 bridgehead atoms. The number of carbonyl (C=O) groups excluding carboxylic acids is 1. The molecule has 182 valence electrons. The Morgan fingerprint density at radius 1 is 1.06 bits per heavy atom. The summed E-state index contributed by atoms with van der Waals surface area (Å²) in [6.07, 6.45) is 10.9. The third-order valence-electron chi connectivity index (χ3n) is 7.28. The van der Waals surface area contributed by atoms with Crippen LogP contribution < -0.4 is 0 Å². The van der Waals surface area contributed by atoms with Crippen LogP contribution in [0.5, 0.6) is 0 Å². The minimum atomic E-state index is 0.0914. The minimum Gasteiger partial charge on any atom is -0.465 e. The van der Waals surface area contributed by atoms with E-state index in [4.69, 9.17) is 4.42 Å². The summed E-state index contributed by atoms with van der Waals surface area (Å²) in [4.78, 5) is 22.8. The van der Waals surface area contributed by atoms with Crippen LogP contribution >= 0.6 is 0 Å². The highest BCUT2D eigenvalue weighted by molar-refractivity contribution is 5.93. The van der Waals surface area contributed by atoms with E-state index >= 15 is 0 Å². The van der Waals surface area contributed by atoms with Crippen LogP contribution in [-0.4, -0.2) is 52.4 Å². The molecule has 1 amide bonds. The maximum Gasteiger partial charge on any atom is 0.272 e. The van der Waals surface area contributed by atoms with Gasteiger partial charge in [-0.3, -0.25) is 14.7 Å². The summed E-state index contributed by atoms with van der Waals surface area (Å²) in [6.45, 7) is 5.23. The summed E-state index contributed by atoms with van der Waals surface area (Å²) in [7, 11) is 0. The molecule has 5 rings (SSSR count). The van der Waals surface area contributed by atoms with Gasteiger partial charge in [0, 0.05) is 24.8 Å². The molecule has 1 aliphatic heterocycles. The lowest BCUT2D eigenvalue weighted by molar-refractivity contribution is 0.0489. The third kappa shape index (κ3) is 6.09. The molecule has 0 radical (unpaired) electrons. The molecule has 1 aliphatic carbocycles. The van der Waals surface area contributed by atoms with Gasteiger partial charge >= 0.3 is 0 Å². The molecule has 1 saturated carbocycles. The van der Waals surface area contributed by atoms with Crippen molar-refractivity contribution in [1.29, 1.82) is 0 Å². The number of benzene rings is 1. The lowest BCUT2D eigenvalue weighted by atomic mass is 9.84. The smallest absolute Gasteiger partial charge is 0.272 e. The summed E-state index contributed by atoms with van der Waals surface area (Å²) in [5, 5.41) is 0. The van der Waals surface area contributed by atoms with Crippen LogP contribution in [0.25, 0.3) is 6.08 Å². The molecule has 1 aromatic carbocycles. The number of carbonyl (C=O) groups is 1. The van der Waals surface area contributed by atoms with Crippen molar-refractivity contribution >= 4 is 12.0 Å². The van der Waals surface area contributed by atoms with Gasteiger partial charge in [0.05, 0.1) is 6.26 Å². The first-order valence-corrected chi connectivity index (χ1v) is 12.9. The number of piperidine rings is 1. The Bertz CT molecular complexity index is 1100. The third-order valence-corrected chi connectivity index (χ3v) is 7.28. The zero-order valence-electron chi connectivity index (χ0n) is 20.6. The standard InChI is InChI=1S/C30H35N3O2/c1-23(20-27-10-7-19-35-27)22-32-17-14-25(15-18-32)29(21-24-8-3-2-4-9-24)33(26-12-13-26)30(34)28-11-5-6-16-31-28/h2-11,16,19-20,25-26,29H,12-15,17-18,21-22H2,1H3/b23-20+/t29-/m0/s1. The quantitative estimate of drug-likeness (QED) is 0.403. The average Bonchev–Trinajstić information content (AvgIpc) is 3.60. The lowest BCUT2D eigenvalue weighted by Crippen LogP contribution is -2.50. The van der Waals surface area contributed by atoms with Gasteiger partial charge in [-0.2, -0.15) is 0 Å². The largest absolute Gasteiger partial charge is 0.465 e. The molecule has 1 saturated heterocycles. The van der Waals surface area contributed by atoms with Crippen LogP contribution in [0.4, 0.5) is 0 Å². The first kappa shape index (κ1) is 23.6. The fourth-order valence-electron chi connectivity index (χ4n) is 5.42. The van der Waals surface area contributed by atoms with E-state index in [1.54, 1.807) is 12.5 Å². The highest BCUT2D eigenvalue weighted by Gasteiger charge is 2.41. The Labute approximate surface area is 208 Å². The second kappa shape index (κ2) is 11.0. The van der Waals surface area contributed by atoms with E-state index < -0.39 is 0 Å². The molecule has 1 atom stereocenters. The molecule has 5 nitrogen and oxygen atoms in total. The fraction of sp³-hybridized carbons (Fsp3) is 0.400. The fourth-order valence-corrected chi connectivity index (χ4v) is 5.42.